The summed E-state index contributed by atoms with van der Waals surface area (Å²) in [6.45, 7) is 5.78. The van der Waals surface area contributed by atoms with Crippen LogP contribution < -0.4 is 0 Å². The van der Waals surface area contributed by atoms with Gasteiger partial charge in [0.2, 0.25) is 0 Å². The first kappa shape index (κ1) is 17.5. The molecule has 6 N–H and O–H groups in total. The predicted octanol–water partition coefficient (Wildman–Crippen LogP) is -3.23. The molecule has 4 heterocycles. The lowest BCUT2D eigenvalue weighted by Gasteiger charge is -2.68. The number of hydrogen-bond acceptors (Lipinski definition) is 8. The van der Waals surface area contributed by atoms with Gasteiger partial charge in [-0.05, 0) is 0 Å². The van der Waals surface area contributed by atoms with Gasteiger partial charge in [-0.25, -0.2) is 0 Å². The van der Waals surface area contributed by atoms with Crippen molar-refractivity contribution in [2.24, 2.45) is 10.8 Å². The fourth-order valence-corrected chi connectivity index (χ4v) is 5.01. The van der Waals surface area contributed by atoms with Crippen molar-refractivity contribution in [3.05, 3.63) is 0 Å². The van der Waals surface area contributed by atoms with Crippen molar-refractivity contribution in [3.8, 4) is 0 Å². The Morgan fingerprint density at radius 1 is 0.913 bits per heavy atom. The van der Waals surface area contributed by atoms with E-state index in [1.165, 1.54) is 0 Å². The van der Waals surface area contributed by atoms with Gasteiger partial charge >= 0.3 is 0 Å². The average molecular weight is 332 g/mol. The topological polar surface area (TPSA) is 128 Å². The maximum absolute atomic E-state index is 10.6. The number of aliphatic hydroxyl groups is 6. The van der Waals surface area contributed by atoms with E-state index in [4.69, 9.17) is 5.11 Å². The van der Waals surface area contributed by atoms with Gasteiger partial charge in [-0.15, -0.1) is 0 Å². The molecule has 0 aromatic carbocycles. The molecule has 0 aliphatic carbocycles. The molecule has 23 heavy (non-hydrogen) atoms. The highest BCUT2D eigenvalue weighted by atomic mass is 16.4. The van der Waals surface area contributed by atoms with Gasteiger partial charge in [-0.1, -0.05) is 13.8 Å². The summed E-state index contributed by atoms with van der Waals surface area (Å²) in [7, 11) is 0. The second kappa shape index (κ2) is 5.60. The quantitative estimate of drug-likeness (QED) is 0.310. The molecule has 4 rings (SSSR count). The van der Waals surface area contributed by atoms with Crippen LogP contribution in [-0.2, 0) is 0 Å². The van der Waals surface area contributed by atoms with Gasteiger partial charge in [-0.2, -0.15) is 0 Å². The molecule has 4 aliphatic rings. The second-order valence-corrected chi connectivity index (χ2v) is 8.16. The molecule has 4 aliphatic heterocycles. The van der Waals surface area contributed by atoms with E-state index < -0.39 is 43.3 Å². The summed E-state index contributed by atoms with van der Waals surface area (Å²) in [6.07, 6.45) is -6.85. The first-order valence-electron chi connectivity index (χ1n) is 8.12. The van der Waals surface area contributed by atoms with Gasteiger partial charge < -0.3 is 30.6 Å². The van der Waals surface area contributed by atoms with Gasteiger partial charge in [0, 0.05) is 37.0 Å². The first-order valence-corrected chi connectivity index (χ1v) is 8.12. The van der Waals surface area contributed by atoms with Crippen LogP contribution in [-0.4, -0.2) is 110 Å². The Morgan fingerprint density at radius 2 is 1.35 bits per heavy atom. The molecular weight excluding hydrogens is 304 g/mol. The molecule has 4 atom stereocenters. The fraction of sp³-hybridized carbons (Fsp3) is 1.00. The van der Waals surface area contributed by atoms with Crippen molar-refractivity contribution in [2.45, 2.75) is 50.5 Å². The SMILES string of the molecule is CC12CN3CC(C)(CN(C1)C3[C@H](O)[C@H](O)[C@@H](O)[C@@H](O)CO)C2O. The molecular formula is C15H28N2O6. The number of aliphatic hydroxyl groups excluding tert-OH is 6. The zero-order valence-electron chi connectivity index (χ0n) is 13.6. The zero-order chi connectivity index (χ0) is 17.2. The van der Waals surface area contributed by atoms with Crippen molar-refractivity contribution in [2.75, 3.05) is 32.8 Å². The lowest BCUT2D eigenvalue weighted by molar-refractivity contribution is -0.277. The van der Waals surface area contributed by atoms with E-state index in [9.17, 15) is 25.5 Å². The van der Waals surface area contributed by atoms with E-state index in [2.05, 4.69) is 0 Å². The van der Waals surface area contributed by atoms with E-state index in [0.29, 0.717) is 26.2 Å². The van der Waals surface area contributed by atoms with E-state index >= 15 is 0 Å². The lowest BCUT2D eigenvalue weighted by atomic mass is 9.60. The number of rotatable bonds is 5. The van der Waals surface area contributed by atoms with Crippen molar-refractivity contribution < 1.29 is 30.6 Å². The molecule has 4 bridgehead atoms. The van der Waals surface area contributed by atoms with E-state index in [1.807, 2.05) is 23.6 Å². The minimum Gasteiger partial charge on any atom is -0.394 e. The minimum absolute atomic E-state index is 0.282. The highest BCUT2D eigenvalue weighted by Crippen LogP contribution is 2.51. The van der Waals surface area contributed by atoms with Crippen LogP contribution in [0.3, 0.4) is 0 Å². The second-order valence-electron chi connectivity index (χ2n) is 8.16. The summed E-state index contributed by atoms with van der Waals surface area (Å²) < 4.78 is 0. The highest BCUT2D eigenvalue weighted by molar-refractivity contribution is 5.14. The van der Waals surface area contributed by atoms with Crippen LogP contribution in [0.4, 0.5) is 0 Å². The number of hydrogen-bond donors (Lipinski definition) is 6. The van der Waals surface area contributed by atoms with Crippen LogP contribution in [0.5, 0.6) is 0 Å². The predicted molar refractivity (Wildman–Crippen MR) is 80.3 cm³/mol. The highest BCUT2D eigenvalue weighted by Gasteiger charge is 2.63. The molecule has 4 fully saturated rings. The Labute approximate surface area is 135 Å². The summed E-state index contributed by atoms with van der Waals surface area (Å²) in [6, 6.07) is 0. The van der Waals surface area contributed by atoms with Gasteiger partial charge in [0.25, 0.3) is 0 Å². The van der Waals surface area contributed by atoms with Crippen molar-refractivity contribution in [1.29, 1.82) is 0 Å². The molecule has 0 aromatic rings. The Kier molecular flexibility index (Phi) is 4.26. The van der Waals surface area contributed by atoms with Crippen molar-refractivity contribution >= 4 is 0 Å². The normalized spacial score (nSPS) is 50.6. The van der Waals surface area contributed by atoms with Crippen molar-refractivity contribution in [1.82, 2.24) is 9.80 Å². The monoisotopic (exact) mass is 332 g/mol. The largest absolute Gasteiger partial charge is 0.394 e. The Bertz CT molecular complexity index is 425. The Hall–Kier alpha value is -0.320. The first-order chi connectivity index (χ1) is 10.6. The van der Waals surface area contributed by atoms with Gasteiger partial charge in [-0.3, -0.25) is 9.80 Å². The van der Waals surface area contributed by atoms with E-state index in [0.717, 1.165) is 0 Å². The van der Waals surface area contributed by atoms with E-state index in [-0.39, 0.29) is 10.8 Å². The molecule has 0 unspecified atom stereocenters. The fourth-order valence-electron chi connectivity index (χ4n) is 5.01. The van der Waals surface area contributed by atoms with E-state index in [1.54, 1.807) is 0 Å². The third kappa shape index (κ3) is 2.52. The van der Waals surface area contributed by atoms with Gasteiger partial charge in [0.05, 0.1) is 18.9 Å². The molecule has 0 saturated carbocycles. The molecule has 0 spiro atoms. The molecule has 8 nitrogen and oxygen atoms in total. The Balaban J connectivity index is 1.78. The van der Waals surface area contributed by atoms with Crippen LogP contribution in [0.15, 0.2) is 0 Å². The summed E-state index contributed by atoms with van der Waals surface area (Å²) in [5, 5.41) is 59.6. The molecule has 8 heteroatoms. The summed E-state index contributed by atoms with van der Waals surface area (Å²) in [5.41, 5.74) is -0.564. The summed E-state index contributed by atoms with van der Waals surface area (Å²) >= 11 is 0. The maximum atomic E-state index is 10.6. The maximum Gasteiger partial charge on any atom is 0.111 e. The molecule has 4 saturated heterocycles. The molecule has 0 aromatic heterocycles. The summed E-state index contributed by atoms with van der Waals surface area (Å²) in [4.78, 5) is 4.07. The van der Waals surface area contributed by atoms with Gasteiger partial charge in [0.15, 0.2) is 0 Å². The number of nitrogens with zero attached hydrogens (tertiary/aromatic N) is 2. The average Bonchev–Trinajstić information content (AvgIpc) is 2.48. The lowest BCUT2D eigenvalue weighted by Crippen LogP contribution is -2.81. The molecule has 0 radical (unpaired) electrons. The molecule has 134 valence electrons. The summed E-state index contributed by atoms with van der Waals surface area (Å²) in [5.74, 6) is 0. The van der Waals surface area contributed by atoms with Crippen LogP contribution in [0, 0.1) is 10.8 Å². The van der Waals surface area contributed by atoms with Crippen LogP contribution >= 0.6 is 0 Å². The number of piperidine rings is 2. The third-order valence-corrected chi connectivity index (χ3v) is 5.91. The zero-order valence-corrected chi connectivity index (χ0v) is 13.6. The smallest absolute Gasteiger partial charge is 0.111 e. The van der Waals surface area contributed by atoms with Crippen LogP contribution in [0.2, 0.25) is 0 Å². The molecule has 0 amide bonds. The van der Waals surface area contributed by atoms with Gasteiger partial charge in [0.1, 0.15) is 24.4 Å². The standard InChI is InChI=1S/C15H28N2O6/c1-14-4-16-6-15(2,13(14)23)7-17(5-14)12(16)11(22)10(21)9(20)8(19)3-18/h8-13,18-23H,3-7H2,1-2H3/t8-,9-,10+,11+,12?,13?,14?,15?/m0/s1. The van der Waals surface area contributed by atoms with Crippen LogP contribution in [0.25, 0.3) is 0 Å². The van der Waals surface area contributed by atoms with Crippen LogP contribution in [0.1, 0.15) is 13.8 Å². The minimum atomic E-state index is -1.62. The Morgan fingerprint density at radius 3 is 1.74 bits per heavy atom. The van der Waals surface area contributed by atoms with Crippen molar-refractivity contribution in [3.63, 3.8) is 0 Å². The third-order valence-electron chi connectivity index (χ3n) is 5.91.